The third-order valence-corrected chi connectivity index (χ3v) is 7.30. The second kappa shape index (κ2) is 8.41. The Bertz CT molecular complexity index is 1060. The predicted octanol–water partition coefficient (Wildman–Crippen LogP) is 2.88. The average molecular weight is 453 g/mol. The van der Waals surface area contributed by atoms with E-state index in [-0.39, 0.29) is 24.0 Å². The van der Waals surface area contributed by atoms with Gasteiger partial charge in [-0.2, -0.15) is 0 Å². The van der Waals surface area contributed by atoms with E-state index in [0.29, 0.717) is 41.9 Å². The molecule has 4 saturated carbocycles. The fraction of sp³-hybridized carbons (Fsp3) is 0.480. The largest absolute Gasteiger partial charge is 0.395 e. The molecule has 4 N–H and O–H groups in total. The first-order chi connectivity index (χ1) is 15.9. The fourth-order valence-corrected chi connectivity index (χ4v) is 6.65. The first-order valence-electron chi connectivity index (χ1n) is 11.6. The van der Waals surface area contributed by atoms with Crippen LogP contribution in [0.3, 0.4) is 0 Å². The molecule has 6 rings (SSSR count). The average Bonchev–Trinajstić information content (AvgIpc) is 2.76. The van der Waals surface area contributed by atoms with Crippen molar-refractivity contribution in [3.8, 4) is 0 Å². The minimum absolute atomic E-state index is 0.0204. The van der Waals surface area contributed by atoms with Crippen LogP contribution in [0.25, 0.3) is 0 Å². The third kappa shape index (κ3) is 4.44. The van der Waals surface area contributed by atoms with Crippen LogP contribution in [0.2, 0.25) is 0 Å². The summed E-state index contributed by atoms with van der Waals surface area (Å²) in [6, 6.07) is 11.0. The number of benzene rings is 1. The van der Waals surface area contributed by atoms with Gasteiger partial charge in [-0.1, -0.05) is 12.1 Å². The molecule has 0 radical (unpaired) electrons. The smallest absolute Gasteiger partial charge is 0.270 e. The standard InChI is InChI=1S/C25H29FN4O3/c26-19-4-1-3-18(10-19)22(32)29-24-11-16-9-17(12-24)14-25(13-16,15-24)30-23(33)20-5-2-6-21(28-20)27-7-8-31/h1-6,10,16-17,31H,7-9,11-15H2,(H,27,28)(H,29,32)(H,30,33). The Morgan fingerprint density at radius 1 is 1.00 bits per heavy atom. The van der Waals surface area contributed by atoms with Gasteiger partial charge >= 0.3 is 0 Å². The second-order valence-corrected chi connectivity index (χ2v) is 10.00. The Morgan fingerprint density at radius 2 is 1.67 bits per heavy atom. The Hall–Kier alpha value is -3.00. The van der Waals surface area contributed by atoms with Crippen molar-refractivity contribution in [3.05, 3.63) is 59.5 Å². The topological polar surface area (TPSA) is 103 Å². The number of aliphatic hydroxyl groups excluding tert-OH is 1. The number of anilines is 1. The highest BCUT2D eigenvalue weighted by Crippen LogP contribution is 2.57. The van der Waals surface area contributed by atoms with Crippen LogP contribution in [0.4, 0.5) is 10.2 Å². The molecular weight excluding hydrogens is 423 g/mol. The van der Waals surface area contributed by atoms with Crippen LogP contribution in [-0.4, -0.2) is 46.1 Å². The summed E-state index contributed by atoms with van der Waals surface area (Å²) in [6.45, 7) is 0.340. The molecule has 4 aliphatic rings. The number of carbonyl (C=O) groups excluding carboxylic acids is 2. The molecular formula is C25H29FN4O3. The summed E-state index contributed by atoms with van der Waals surface area (Å²) in [5, 5.41) is 18.5. The van der Waals surface area contributed by atoms with E-state index >= 15 is 0 Å². The number of halogens is 1. The quantitative estimate of drug-likeness (QED) is 0.517. The molecule has 2 aromatic rings. The van der Waals surface area contributed by atoms with Gasteiger partial charge in [0.15, 0.2) is 0 Å². The van der Waals surface area contributed by atoms with Gasteiger partial charge in [-0.3, -0.25) is 9.59 Å². The molecule has 0 spiro atoms. The zero-order valence-electron chi connectivity index (χ0n) is 18.4. The van der Waals surface area contributed by atoms with Crippen LogP contribution in [0, 0.1) is 17.7 Å². The third-order valence-electron chi connectivity index (χ3n) is 7.30. The highest BCUT2D eigenvalue weighted by atomic mass is 19.1. The summed E-state index contributed by atoms with van der Waals surface area (Å²) in [6.07, 6.45) is 5.36. The van der Waals surface area contributed by atoms with E-state index in [2.05, 4.69) is 20.9 Å². The lowest BCUT2D eigenvalue weighted by Gasteiger charge is -2.62. The first kappa shape index (κ1) is 21.8. The number of carbonyl (C=O) groups is 2. The number of nitrogens with zero attached hydrogens (tertiary/aromatic N) is 1. The normalized spacial score (nSPS) is 29.5. The summed E-state index contributed by atoms with van der Waals surface area (Å²) >= 11 is 0. The zero-order chi connectivity index (χ0) is 23.1. The summed E-state index contributed by atoms with van der Waals surface area (Å²) in [7, 11) is 0. The zero-order valence-corrected chi connectivity index (χ0v) is 18.4. The highest BCUT2D eigenvalue weighted by molar-refractivity contribution is 5.95. The minimum atomic E-state index is -0.430. The van der Waals surface area contributed by atoms with Gasteiger partial charge in [-0.15, -0.1) is 0 Å². The van der Waals surface area contributed by atoms with Crippen LogP contribution < -0.4 is 16.0 Å². The molecule has 1 aromatic heterocycles. The van der Waals surface area contributed by atoms with Crippen LogP contribution in [0.1, 0.15) is 59.4 Å². The molecule has 33 heavy (non-hydrogen) atoms. The summed E-state index contributed by atoms with van der Waals surface area (Å²) in [5.41, 5.74) is -0.127. The van der Waals surface area contributed by atoms with Crippen molar-refractivity contribution in [2.24, 2.45) is 11.8 Å². The fourth-order valence-electron chi connectivity index (χ4n) is 6.65. The maximum atomic E-state index is 13.6. The van der Waals surface area contributed by atoms with E-state index < -0.39 is 11.4 Å². The summed E-state index contributed by atoms with van der Waals surface area (Å²) < 4.78 is 13.6. The van der Waals surface area contributed by atoms with Gasteiger partial charge in [0, 0.05) is 23.2 Å². The number of nitrogens with one attached hydrogen (secondary N) is 3. The Balaban J connectivity index is 1.34. The number of hydrogen-bond donors (Lipinski definition) is 4. The summed E-state index contributed by atoms with van der Waals surface area (Å²) in [5.74, 6) is 0.495. The van der Waals surface area contributed by atoms with E-state index in [4.69, 9.17) is 5.11 Å². The molecule has 4 aliphatic carbocycles. The van der Waals surface area contributed by atoms with Crippen LogP contribution in [0.5, 0.6) is 0 Å². The number of aromatic nitrogens is 1. The second-order valence-electron chi connectivity index (χ2n) is 10.00. The van der Waals surface area contributed by atoms with Gasteiger partial charge in [0.05, 0.1) is 6.61 Å². The van der Waals surface area contributed by atoms with Crippen molar-refractivity contribution < 1.29 is 19.1 Å². The molecule has 8 heteroatoms. The number of amides is 2. The maximum absolute atomic E-state index is 13.6. The minimum Gasteiger partial charge on any atom is -0.395 e. The molecule has 2 atom stereocenters. The van der Waals surface area contributed by atoms with Crippen molar-refractivity contribution in [2.75, 3.05) is 18.5 Å². The van der Waals surface area contributed by atoms with Crippen LogP contribution >= 0.6 is 0 Å². The van der Waals surface area contributed by atoms with Crippen molar-refractivity contribution >= 4 is 17.6 Å². The number of hydrogen-bond acceptors (Lipinski definition) is 5. The van der Waals surface area contributed by atoms with Gasteiger partial charge < -0.3 is 21.1 Å². The van der Waals surface area contributed by atoms with E-state index in [9.17, 15) is 14.0 Å². The predicted molar refractivity (Wildman–Crippen MR) is 121 cm³/mol. The van der Waals surface area contributed by atoms with Crippen molar-refractivity contribution in [1.29, 1.82) is 0 Å². The number of rotatable bonds is 7. The van der Waals surface area contributed by atoms with Gasteiger partial charge in [0.1, 0.15) is 17.3 Å². The molecule has 2 amide bonds. The van der Waals surface area contributed by atoms with Gasteiger partial charge in [-0.05, 0) is 80.7 Å². The Morgan fingerprint density at radius 3 is 2.33 bits per heavy atom. The van der Waals surface area contributed by atoms with Crippen LogP contribution in [0.15, 0.2) is 42.5 Å². The van der Waals surface area contributed by atoms with Crippen molar-refractivity contribution in [1.82, 2.24) is 15.6 Å². The maximum Gasteiger partial charge on any atom is 0.270 e. The van der Waals surface area contributed by atoms with Gasteiger partial charge in [0.2, 0.25) is 0 Å². The molecule has 4 fully saturated rings. The molecule has 0 aliphatic heterocycles. The van der Waals surface area contributed by atoms with Gasteiger partial charge in [-0.25, -0.2) is 9.37 Å². The van der Waals surface area contributed by atoms with Crippen molar-refractivity contribution in [2.45, 2.75) is 49.6 Å². The molecule has 174 valence electrons. The Labute approximate surface area is 192 Å². The number of aliphatic hydroxyl groups is 1. The Kier molecular flexibility index (Phi) is 5.56. The summed E-state index contributed by atoms with van der Waals surface area (Å²) in [4.78, 5) is 30.5. The van der Waals surface area contributed by atoms with Crippen LogP contribution in [-0.2, 0) is 0 Å². The van der Waals surface area contributed by atoms with E-state index in [0.717, 1.165) is 32.1 Å². The molecule has 1 heterocycles. The monoisotopic (exact) mass is 452 g/mol. The lowest BCUT2D eigenvalue weighted by molar-refractivity contribution is -0.0448. The molecule has 0 saturated heterocycles. The van der Waals surface area contributed by atoms with Gasteiger partial charge in [0.25, 0.3) is 11.8 Å². The molecule has 4 bridgehead atoms. The molecule has 2 unspecified atom stereocenters. The van der Waals surface area contributed by atoms with Crippen molar-refractivity contribution in [3.63, 3.8) is 0 Å². The SMILES string of the molecule is O=C(NC12CC3CC(C1)CC(NC(=O)c1cccc(NCCO)n1)(C3)C2)c1cccc(F)c1. The van der Waals surface area contributed by atoms with E-state index in [1.165, 1.54) is 12.1 Å². The molecule has 7 nitrogen and oxygen atoms in total. The van der Waals surface area contributed by atoms with E-state index in [1.807, 2.05) is 0 Å². The van der Waals surface area contributed by atoms with E-state index in [1.54, 1.807) is 30.3 Å². The first-order valence-corrected chi connectivity index (χ1v) is 11.6. The molecule has 1 aromatic carbocycles. The lowest BCUT2D eigenvalue weighted by Crippen LogP contribution is -2.69. The number of pyridine rings is 1. The highest BCUT2D eigenvalue weighted by Gasteiger charge is 2.58. The lowest BCUT2D eigenvalue weighted by atomic mass is 9.49.